The number of phenols is 1. The van der Waals surface area contributed by atoms with E-state index in [2.05, 4.69) is 5.10 Å². The van der Waals surface area contributed by atoms with E-state index in [4.69, 9.17) is 16.3 Å². The first-order chi connectivity index (χ1) is 15.3. The summed E-state index contributed by atoms with van der Waals surface area (Å²) in [6.45, 7) is 5.10. The molecule has 0 spiro atoms. The summed E-state index contributed by atoms with van der Waals surface area (Å²) >= 11 is 6.19. The van der Waals surface area contributed by atoms with Crippen LogP contribution in [0.2, 0.25) is 5.02 Å². The molecule has 2 aromatic carbocycles. The number of halogens is 5. The molecule has 0 radical (unpaired) electrons. The Morgan fingerprint density at radius 2 is 1.79 bits per heavy atom. The molecule has 178 valence electrons. The van der Waals surface area contributed by atoms with Gasteiger partial charge in [0, 0.05) is 23.2 Å². The van der Waals surface area contributed by atoms with Gasteiger partial charge in [-0.25, -0.2) is 4.39 Å². The van der Waals surface area contributed by atoms with Crippen LogP contribution < -0.4 is 4.74 Å². The van der Waals surface area contributed by atoms with Crippen LogP contribution in [0.1, 0.15) is 44.9 Å². The SMILES string of the molecule is CCCCOc1ccc(-c2cc(C(F)(F)F)nn2C)c(O)c1-c1ccc(Cl)c(C(C)(C)F)c1. The molecule has 0 fully saturated rings. The molecule has 0 aliphatic carbocycles. The minimum absolute atomic E-state index is 0.0705. The second-order valence-corrected chi connectivity index (χ2v) is 8.65. The van der Waals surface area contributed by atoms with Gasteiger partial charge in [0.2, 0.25) is 0 Å². The van der Waals surface area contributed by atoms with E-state index in [0.29, 0.717) is 17.9 Å². The van der Waals surface area contributed by atoms with Crippen LogP contribution >= 0.6 is 11.6 Å². The van der Waals surface area contributed by atoms with Gasteiger partial charge >= 0.3 is 6.18 Å². The number of hydrogen-bond acceptors (Lipinski definition) is 3. The van der Waals surface area contributed by atoms with E-state index >= 15 is 0 Å². The van der Waals surface area contributed by atoms with Gasteiger partial charge in [0.15, 0.2) is 5.69 Å². The number of aromatic hydroxyl groups is 1. The second kappa shape index (κ2) is 9.25. The minimum Gasteiger partial charge on any atom is -0.506 e. The number of benzene rings is 2. The van der Waals surface area contributed by atoms with Crippen LogP contribution in [0.5, 0.6) is 11.5 Å². The van der Waals surface area contributed by atoms with Crippen molar-refractivity contribution in [2.75, 3.05) is 6.61 Å². The largest absolute Gasteiger partial charge is 0.506 e. The molecule has 0 unspecified atom stereocenters. The third kappa shape index (κ3) is 5.27. The maximum Gasteiger partial charge on any atom is 0.435 e. The molecule has 4 nitrogen and oxygen atoms in total. The topological polar surface area (TPSA) is 47.3 Å². The average Bonchev–Trinajstić information content (AvgIpc) is 3.10. The van der Waals surface area contributed by atoms with Gasteiger partial charge in [0.25, 0.3) is 0 Å². The molecule has 0 aliphatic rings. The number of aryl methyl sites for hydroxylation is 1. The third-order valence-corrected chi connectivity index (χ3v) is 5.57. The van der Waals surface area contributed by atoms with Crippen molar-refractivity contribution in [2.24, 2.45) is 7.05 Å². The quantitative estimate of drug-likeness (QED) is 0.279. The molecule has 0 atom stereocenters. The maximum absolute atomic E-state index is 14.7. The van der Waals surface area contributed by atoms with Gasteiger partial charge in [0.05, 0.1) is 17.9 Å². The number of rotatable bonds is 7. The summed E-state index contributed by atoms with van der Waals surface area (Å²) in [5.41, 5.74) is -1.75. The number of aromatic nitrogens is 2. The fourth-order valence-corrected chi connectivity index (χ4v) is 3.84. The van der Waals surface area contributed by atoms with E-state index in [1.165, 1.54) is 39.1 Å². The summed E-state index contributed by atoms with van der Waals surface area (Å²) in [4.78, 5) is 0. The van der Waals surface area contributed by atoms with Crippen molar-refractivity contribution in [3.05, 3.63) is 52.7 Å². The van der Waals surface area contributed by atoms with Crippen LogP contribution in [-0.4, -0.2) is 21.5 Å². The molecule has 3 rings (SSSR count). The first-order valence-corrected chi connectivity index (χ1v) is 10.8. The smallest absolute Gasteiger partial charge is 0.435 e. The highest BCUT2D eigenvalue weighted by Gasteiger charge is 2.35. The number of hydrogen-bond donors (Lipinski definition) is 1. The molecular formula is C24H25ClF4N2O2. The third-order valence-electron chi connectivity index (χ3n) is 5.24. The van der Waals surface area contributed by atoms with E-state index in [1.54, 1.807) is 12.1 Å². The molecule has 0 saturated heterocycles. The van der Waals surface area contributed by atoms with Gasteiger partial charge < -0.3 is 9.84 Å². The average molecular weight is 485 g/mol. The molecule has 3 aromatic rings. The maximum atomic E-state index is 14.7. The van der Waals surface area contributed by atoms with E-state index in [9.17, 15) is 22.7 Å². The Morgan fingerprint density at radius 3 is 2.36 bits per heavy atom. The highest BCUT2D eigenvalue weighted by Crippen LogP contribution is 2.46. The van der Waals surface area contributed by atoms with Crippen molar-refractivity contribution in [3.63, 3.8) is 0 Å². The van der Waals surface area contributed by atoms with Crippen molar-refractivity contribution in [1.29, 1.82) is 0 Å². The van der Waals surface area contributed by atoms with Gasteiger partial charge in [-0.1, -0.05) is 31.0 Å². The summed E-state index contributed by atoms with van der Waals surface area (Å²) in [7, 11) is 1.36. The zero-order valence-electron chi connectivity index (χ0n) is 18.7. The molecule has 0 saturated carbocycles. The Morgan fingerprint density at radius 1 is 1.09 bits per heavy atom. The predicted octanol–water partition coefficient (Wildman–Crippen LogP) is 7.52. The van der Waals surface area contributed by atoms with Gasteiger partial charge in [-0.05, 0) is 56.2 Å². The predicted molar refractivity (Wildman–Crippen MR) is 120 cm³/mol. The summed E-state index contributed by atoms with van der Waals surface area (Å²) in [5, 5.41) is 14.9. The van der Waals surface area contributed by atoms with Crippen LogP contribution in [0.4, 0.5) is 17.6 Å². The lowest BCUT2D eigenvalue weighted by atomic mass is 9.93. The Hall–Kier alpha value is -2.74. The Bertz CT molecular complexity index is 1150. The first kappa shape index (κ1) is 24.9. The monoisotopic (exact) mass is 484 g/mol. The Kier molecular flexibility index (Phi) is 6.98. The zero-order valence-corrected chi connectivity index (χ0v) is 19.5. The van der Waals surface area contributed by atoms with Gasteiger partial charge in [-0.3, -0.25) is 4.68 Å². The van der Waals surface area contributed by atoms with Crippen molar-refractivity contribution < 1.29 is 27.4 Å². The van der Waals surface area contributed by atoms with Crippen LogP contribution in [0.15, 0.2) is 36.4 Å². The van der Waals surface area contributed by atoms with Crippen molar-refractivity contribution in [2.45, 2.75) is 45.5 Å². The number of nitrogens with zero attached hydrogens (tertiary/aromatic N) is 2. The van der Waals surface area contributed by atoms with Gasteiger partial charge in [-0.15, -0.1) is 0 Å². The lowest BCUT2D eigenvalue weighted by molar-refractivity contribution is -0.141. The molecule has 0 aliphatic heterocycles. The van der Waals surface area contributed by atoms with Crippen LogP contribution in [0.25, 0.3) is 22.4 Å². The highest BCUT2D eigenvalue weighted by molar-refractivity contribution is 6.31. The molecule has 0 amide bonds. The molecule has 0 bridgehead atoms. The van der Waals surface area contributed by atoms with Crippen LogP contribution in [0.3, 0.4) is 0 Å². The normalized spacial score (nSPS) is 12.3. The van der Waals surface area contributed by atoms with Crippen molar-refractivity contribution >= 4 is 11.6 Å². The fraction of sp³-hybridized carbons (Fsp3) is 0.375. The molecule has 1 aromatic heterocycles. The molecular weight excluding hydrogens is 460 g/mol. The summed E-state index contributed by atoms with van der Waals surface area (Å²) in [6.07, 6.45) is -2.98. The first-order valence-electron chi connectivity index (χ1n) is 10.4. The molecule has 1 N–H and O–H groups in total. The van der Waals surface area contributed by atoms with Gasteiger partial charge in [0.1, 0.15) is 17.2 Å². The lowest BCUT2D eigenvalue weighted by Crippen LogP contribution is -2.10. The number of ether oxygens (including phenoxy) is 1. The second-order valence-electron chi connectivity index (χ2n) is 8.24. The Balaban J connectivity index is 2.23. The molecule has 9 heteroatoms. The number of phenolic OH excluding ortho intramolecular Hbond substituents is 1. The van der Waals surface area contributed by atoms with Crippen molar-refractivity contribution in [3.8, 4) is 33.9 Å². The van der Waals surface area contributed by atoms with E-state index in [0.717, 1.165) is 23.6 Å². The molecule has 1 heterocycles. The lowest BCUT2D eigenvalue weighted by Gasteiger charge is -2.20. The van der Waals surface area contributed by atoms with Gasteiger partial charge in [-0.2, -0.15) is 18.3 Å². The minimum atomic E-state index is -4.63. The molecule has 33 heavy (non-hydrogen) atoms. The van der Waals surface area contributed by atoms with E-state index in [-0.39, 0.29) is 33.2 Å². The zero-order chi connectivity index (χ0) is 24.6. The Labute approximate surface area is 194 Å². The highest BCUT2D eigenvalue weighted by atomic mass is 35.5. The summed E-state index contributed by atoms with van der Waals surface area (Å²) in [5.74, 6) is 0.0264. The van der Waals surface area contributed by atoms with E-state index in [1.807, 2.05) is 6.92 Å². The number of alkyl halides is 4. The van der Waals surface area contributed by atoms with Crippen LogP contribution in [0, 0.1) is 0 Å². The van der Waals surface area contributed by atoms with E-state index < -0.39 is 17.5 Å². The standard InChI is InChI=1S/C24H25ClF4N2O2/c1-5-6-11-33-19-10-8-15(18-13-20(24(27,28)29)30-31(18)4)22(32)21(19)14-7-9-17(25)16(12-14)23(2,3)26/h7-10,12-13,32H,5-6,11H2,1-4H3. The van der Waals surface area contributed by atoms with Crippen LogP contribution in [-0.2, 0) is 18.9 Å². The van der Waals surface area contributed by atoms with Crippen molar-refractivity contribution in [1.82, 2.24) is 9.78 Å². The number of unbranched alkanes of at least 4 members (excludes halogenated alkanes) is 1. The fourth-order valence-electron chi connectivity index (χ4n) is 3.50. The summed E-state index contributed by atoms with van der Waals surface area (Å²) in [6, 6.07) is 8.56. The summed E-state index contributed by atoms with van der Waals surface area (Å²) < 4.78 is 61.2.